The van der Waals surface area contributed by atoms with Crippen molar-refractivity contribution < 1.29 is 0 Å². The molecule has 2 bridgehead atoms. The van der Waals surface area contributed by atoms with Crippen LogP contribution in [0.3, 0.4) is 0 Å². The zero-order valence-corrected chi connectivity index (χ0v) is 9.52. The molecule has 0 saturated heterocycles. The summed E-state index contributed by atoms with van der Waals surface area (Å²) in [5.41, 5.74) is 2.24. The van der Waals surface area contributed by atoms with Gasteiger partial charge in [0.25, 0.3) is 0 Å². The summed E-state index contributed by atoms with van der Waals surface area (Å²) < 4.78 is 0. The summed E-state index contributed by atoms with van der Waals surface area (Å²) in [7, 11) is 0. The van der Waals surface area contributed by atoms with Gasteiger partial charge in [0.05, 0.1) is 0 Å². The van der Waals surface area contributed by atoms with E-state index in [9.17, 15) is 0 Å². The highest BCUT2D eigenvalue weighted by molar-refractivity contribution is 9.09. The Labute approximate surface area is 83.6 Å². The highest BCUT2D eigenvalue weighted by Crippen LogP contribution is 2.58. The summed E-state index contributed by atoms with van der Waals surface area (Å²) in [5, 5.41) is 1.04. The minimum atomic E-state index is 0.511. The fourth-order valence-electron chi connectivity index (χ4n) is 3.19. The van der Waals surface area contributed by atoms with E-state index in [2.05, 4.69) is 35.9 Å². The lowest BCUT2D eigenvalue weighted by atomic mass is 9.73. The van der Waals surface area contributed by atoms with E-state index in [4.69, 9.17) is 0 Å². The predicted octanol–water partition coefficient (Wildman–Crippen LogP) is 3.76. The second kappa shape index (κ2) is 2.87. The molecular weight excluding hydrogens is 212 g/mol. The van der Waals surface area contributed by atoms with Crippen LogP contribution in [0.25, 0.3) is 0 Å². The summed E-state index contributed by atoms with van der Waals surface area (Å²) in [6, 6.07) is 0. The van der Waals surface area contributed by atoms with Crippen LogP contribution in [0.15, 0.2) is 11.6 Å². The molecular formula is C11H17Br. The molecule has 0 aromatic carbocycles. The predicted molar refractivity (Wildman–Crippen MR) is 56.5 cm³/mol. The summed E-state index contributed by atoms with van der Waals surface area (Å²) in [6.07, 6.45) is 6.79. The third-order valence-electron chi connectivity index (χ3n) is 3.93. The molecule has 1 heteroatoms. The van der Waals surface area contributed by atoms with Crippen molar-refractivity contribution in [2.75, 3.05) is 5.33 Å². The molecule has 2 atom stereocenters. The monoisotopic (exact) mass is 228 g/mol. The van der Waals surface area contributed by atoms with E-state index in [0.29, 0.717) is 5.41 Å². The van der Waals surface area contributed by atoms with E-state index in [1.165, 1.54) is 19.3 Å². The Bertz CT molecular complexity index is 215. The third kappa shape index (κ3) is 1.09. The molecule has 0 N–H and O–H groups in total. The smallest absolute Gasteiger partial charge is 0.0215 e. The summed E-state index contributed by atoms with van der Waals surface area (Å²) in [5.74, 6) is 1.91. The van der Waals surface area contributed by atoms with E-state index in [1.54, 1.807) is 5.57 Å². The molecule has 2 rings (SSSR count). The molecule has 2 saturated carbocycles. The fraction of sp³-hybridized carbons (Fsp3) is 0.818. The van der Waals surface area contributed by atoms with Gasteiger partial charge in [0.15, 0.2) is 0 Å². The molecule has 0 aliphatic heterocycles. The molecule has 0 aromatic rings. The Balaban J connectivity index is 2.29. The second-order valence-electron chi connectivity index (χ2n) is 4.74. The number of fused-ring (bicyclic) bond motifs is 2. The molecule has 0 radical (unpaired) electrons. The molecule has 0 heterocycles. The average Bonchev–Trinajstić information content (AvgIpc) is 2.53. The van der Waals surface area contributed by atoms with Crippen molar-refractivity contribution in [2.45, 2.75) is 33.1 Å². The van der Waals surface area contributed by atoms with Crippen molar-refractivity contribution in [1.29, 1.82) is 0 Å². The molecule has 2 aliphatic carbocycles. The largest absolute Gasteiger partial charge is 0.0883 e. The van der Waals surface area contributed by atoms with Crippen molar-refractivity contribution in [3.05, 3.63) is 11.6 Å². The highest BCUT2D eigenvalue weighted by atomic mass is 79.9. The van der Waals surface area contributed by atoms with Crippen LogP contribution in [0.4, 0.5) is 0 Å². The lowest BCUT2D eigenvalue weighted by Gasteiger charge is -2.32. The Morgan fingerprint density at radius 2 is 2.25 bits per heavy atom. The van der Waals surface area contributed by atoms with Gasteiger partial charge < -0.3 is 0 Å². The van der Waals surface area contributed by atoms with Crippen LogP contribution in [-0.2, 0) is 0 Å². The molecule has 12 heavy (non-hydrogen) atoms. The van der Waals surface area contributed by atoms with Gasteiger partial charge in [0.1, 0.15) is 0 Å². The van der Waals surface area contributed by atoms with Crippen molar-refractivity contribution >= 4 is 15.9 Å². The van der Waals surface area contributed by atoms with Crippen LogP contribution in [-0.4, -0.2) is 5.33 Å². The first kappa shape index (κ1) is 8.80. The standard InChI is InChI=1S/C11H17Br/c1-11(2)9-4-3-8(7-9)10(11)5-6-12/h5,8-9H,3-4,6-7H2,1-2H3. The second-order valence-corrected chi connectivity index (χ2v) is 5.39. The summed E-state index contributed by atoms with van der Waals surface area (Å²) in [4.78, 5) is 0. The van der Waals surface area contributed by atoms with Crippen LogP contribution in [0.2, 0.25) is 0 Å². The molecule has 2 fully saturated rings. The van der Waals surface area contributed by atoms with Gasteiger partial charge in [0.2, 0.25) is 0 Å². The van der Waals surface area contributed by atoms with Gasteiger partial charge in [-0.25, -0.2) is 0 Å². The molecule has 2 aliphatic rings. The zero-order chi connectivity index (χ0) is 8.77. The minimum absolute atomic E-state index is 0.511. The summed E-state index contributed by atoms with van der Waals surface area (Å²) >= 11 is 3.51. The Hall–Kier alpha value is 0.220. The molecule has 0 spiro atoms. The van der Waals surface area contributed by atoms with Crippen molar-refractivity contribution in [1.82, 2.24) is 0 Å². The van der Waals surface area contributed by atoms with Crippen LogP contribution in [0, 0.1) is 17.3 Å². The minimum Gasteiger partial charge on any atom is -0.0883 e. The number of hydrogen-bond donors (Lipinski definition) is 0. The number of alkyl halides is 1. The van der Waals surface area contributed by atoms with Crippen molar-refractivity contribution in [3.8, 4) is 0 Å². The van der Waals surface area contributed by atoms with Crippen LogP contribution in [0.1, 0.15) is 33.1 Å². The molecule has 0 amide bonds. The van der Waals surface area contributed by atoms with E-state index in [1.807, 2.05) is 0 Å². The third-order valence-corrected chi connectivity index (χ3v) is 4.26. The van der Waals surface area contributed by atoms with Crippen molar-refractivity contribution in [2.24, 2.45) is 17.3 Å². The van der Waals surface area contributed by atoms with Gasteiger partial charge in [-0.05, 0) is 36.5 Å². The Morgan fingerprint density at radius 1 is 1.50 bits per heavy atom. The SMILES string of the molecule is CC1(C)C(=CCBr)C2CCC1C2. The number of rotatable bonds is 1. The van der Waals surface area contributed by atoms with E-state index in [0.717, 1.165) is 17.2 Å². The molecule has 0 nitrogen and oxygen atoms in total. The maximum atomic E-state index is 3.51. The van der Waals surface area contributed by atoms with Crippen LogP contribution in [0.5, 0.6) is 0 Å². The number of allylic oxidation sites excluding steroid dienone is 2. The Morgan fingerprint density at radius 3 is 2.75 bits per heavy atom. The lowest BCUT2D eigenvalue weighted by Crippen LogP contribution is -2.22. The zero-order valence-electron chi connectivity index (χ0n) is 7.94. The van der Waals surface area contributed by atoms with Crippen LogP contribution >= 0.6 is 15.9 Å². The quantitative estimate of drug-likeness (QED) is 0.474. The first-order valence-corrected chi connectivity index (χ1v) is 6.05. The normalized spacial score (nSPS) is 41.1. The highest BCUT2D eigenvalue weighted by Gasteiger charge is 2.48. The number of halogens is 1. The van der Waals surface area contributed by atoms with Gasteiger partial charge >= 0.3 is 0 Å². The average molecular weight is 229 g/mol. The Kier molecular flexibility index (Phi) is 2.10. The van der Waals surface area contributed by atoms with Gasteiger partial charge in [-0.3, -0.25) is 0 Å². The van der Waals surface area contributed by atoms with Crippen LogP contribution < -0.4 is 0 Å². The lowest BCUT2D eigenvalue weighted by molar-refractivity contribution is 0.287. The maximum Gasteiger partial charge on any atom is 0.0215 e. The summed E-state index contributed by atoms with van der Waals surface area (Å²) in [6.45, 7) is 4.84. The molecule has 68 valence electrons. The number of hydrogen-bond acceptors (Lipinski definition) is 0. The van der Waals surface area contributed by atoms with Gasteiger partial charge in [-0.15, -0.1) is 0 Å². The molecule has 2 unspecified atom stereocenters. The van der Waals surface area contributed by atoms with Crippen molar-refractivity contribution in [3.63, 3.8) is 0 Å². The first-order valence-electron chi connectivity index (χ1n) is 4.92. The fourth-order valence-corrected chi connectivity index (χ4v) is 3.54. The first-order chi connectivity index (χ1) is 5.66. The van der Waals surface area contributed by atoms with E-state index in [-0.39, 0.29) is 0 Å². The van der Waals surface area contributed by atoms with E-state index < -0.39 is 0 Å². The van der Waals surface area contributed by atoms with E-state index >= 15 is 0 Å². The van der Waals surface area contributed by atoms with Gasteiger partial charge in [-0.1, -0.05) is 41.4 Å². The van der Waals surface area contributed by atoms with Gasteiger partial charge in [0, 0.05) is 5.33 Å². The maximum absolute atomic E-state index is 3.51. The molecule has 0 aromatic heterocycles. The topological polar surface area (TPSA) is 0 Å². The van der Waals surface area contributed by atoms with Gasteiger partial charge in [-0.2, -0.15) is 0 Å².